The minimum atomic E-state index is -0.551. The molecular weight excluding hydrogens is 282 g/mol. The lowest BCUT2D eigenvalue weighted by atomic mass is 10.0. The molecule has 120 valence electrons. The summed E-state index contributed by atoms with van der Waals surface area (Å²) >= 11 is 0. The number of hydrogen-bond donors (Lipinski definition) is 2. The average molecular weight is 307 g/mol. The Labute approximate surface area is 138 Å². The lowest BCUT2D eigenvalue weighted by Gasteiger charge is -2.26. The zero-order chi connectivity index (χ0) is 16.3. The standard InChI is InChI=1S/C20H25N3/c1-3-4-9-16-10-8-11-17(14-16)19-15-20(2,21)22-23(19)18-12-6-5-7-13-18/h5-8,10-15,22H,3-4,9,21H2,1-2H3. The van der Waals surface area contributed by atoms with E-state index in [9.17, 15) is 0 Å². The van der Waals surface area contributed by atoms with Crippen LogP contribution in [0.15, 0.2) is 60.7 Å². The third-order valence-electron chi connectivity index (χ3n) is 4.09. The fraction of sp³-hybridized carbons (Fsp3) is 0.300. The van der Waals surface area contributed by atoms with E-state index in [-0.39, 0.29) is 0 Å². The molecule has 23 heavy (non-hydrogen) atoms. The zero-order valence-corrected chi connectivity index (χ0v) is 13.9. The summed E-state index contributed by atoms with van der Waals surface area (Å²) in [5.74, 6) is 0. The third-order valence-corrected chi connectivity index (χ3v) is 4.09. The number of aryl methyl sites for hydroxylation is 1. The molecule has 2 aromatic rings. The number of nitrogens with zero attached hydrogens (tertiary/aromatic N) is 1. The highest BCUT2D eigenvalue weighted by Gasteiger charge is 2.30. The van der Waals surface area contributed by atoms with Crippen molar-refractivity contribution < 1.29 is 0 Å². The molecule has 3 N–H and O–H groups in total. The second-order valence-corrected chi connectivity index (χ2v) is 6.40. The van der Waals surface area contributed by atoms with E-state index in [0.717, 1.165) is 17.8 Å². The highest BCUT2D eigenvalue weighted by atomic mass is 15.6. The van der Waals surface area contributed by atoms with E-state index in [1.807, 2.05) is 25.1 Å². The molecule has 1 aliphatic rings. The largest absolute Gasteiger partial charge is 0.309 e. The Hall–Kier alpha value is -2.10. The fourth-order valence-corrected chi connectivity index (χ4v) is 2.94. The van der Waals surface area contributed by atoms with Crippen molar-refractivity contribution >= 4 is 11.4 Å². The maximum Gasteiger partial charge on any atom is 0.103 e. The van der Waals surface area contributed by atoms with Crippen molar-refractivity contribution in [2.24, 2.45) is 5.73 Å². The summed E-state index contributed by atoms with van der Waals surface area (Å²) in [6.45, 7) is 4.21. The van der Waals surface area contributed by atoms with Crippen LogP contribution in [0, 0.1) is 0 Å². The van der Waals surface area contributed by atoms with Crippen LogP contribution in [0.5, 0.6) is 0 Å². The van der Waals surface area contributed by atoms with E-state index < -0.39 is 5.66 Å². The number of nitrogens with two attached hydrogens (primary N) is 1. The molecule has 1 unspecified atom stereocenters. The van der Waals surface area contributed by atoms with Gasteiger partial charge in [-0.1, -0.05) is 49.7 Å². The van der Waals surface area contributed by atoms with E-state index in [4.69, 9.17) is 5.73 Å². The molecule has 0 amide bonds. The van der Waals surface area contributed by atoms with Gasteiger partial charge >= 0.3 is 0 Å². The smallest absolute Gasteiger partial charge is 0.103 e. The van der Waals surface area contributed by atoms with Crippen LogP contribution in [0.1, 0.15) is 37.8 Å². The molecule has 0 saturated carbocycles. The molecule has 1 atom stereocenters. The lowest BCUT2D eigenvalue weighted by molar-refractivity contribution is 0.488. The molecule has 3 heteroatoms. The van der Waals surface area contributed by atoms with Gasteiger partial charge in [-0.3, -0.25) is 5.01 Å². The topological polar surface area (TPSA) is 41.3 Å². The van der Waals surface area contributed by atoms with Crippen molar-refractivity contribution in [3.05, 3.63) is 71.8 Å². The van der Waals surface area contributed by atoms with Crippen LogP contribution in [0.25, 0.3) is 5.70 Å². The molecule has 2 aromatic carbocycles. The van der Waals surface area contributed by atoms with Crippen LogP contribution < -0.4 is 16.2 Å². The van der Waals surface area contributed by atoms with Crippen LogP contribution >= 0.6 is 0 Å². The molecule has 0 spiro atoms. The first-order valence-corrected chi connectivity index (χ1v) is 8.33. The molecule has 0 fully saturated rings. The maximum atomic E-state index is 6.32. The van der Waals surface area contributed by atoms with Gasteiger partial charge in [0.15, 0.2) is 0 Å². The van der Waals surface area contributed by atoms with Gasteiger partial charge in [-0.15, -0.1) is 0 Å². The van der Waals surface area contributed by atoms with E-state index in [2.05, 4.69) is 59.8 Å². The zero-order valence-electron chi connectivity index (χ0n) is 13.9. The van der Waals surface area contributed by atoms with Crippen molar-refractivity contribution in [3.8, 4) is 0 Å². The van der Waals surface area contributed by atoms with Gasteiger partial charge in [-0.05, 0) is 55.2 Å². The van der Waals surface area contributed by atoms with E-state index in [1.165, 1.54) is 24.0 Å². The molecule has 0 saturated heterocycles. The minimum absolute atomic E-state index is 0.551. The molecule has 0 radical (unpaired) electrons. The number of unbranched alkanes of at least 4 members (excludes halogenated alkanes) is 1. The summed E-state index contributed by atoms with van der Waals surface area (Å²) in [5, 5.41) is 2.08. The summed E-state index contributed by atoms with van der Waals surface area (Å²) in [4.78, 5) is 0. The van der Waals surface area contributed by atoms with E-state index in [1.54, 1.807) is 0 Å². The number of nitrogens with one attached hydrogen (secondary N) is 1. The van der Waals surface area contributed by atoms with Gasteiger partial charge in [-0.2, -0.15) is 0 Å². The Morgan fingerprint density at radius 3 is 2.61 bits per heavy atom. The van der Waals surface area contributed by atoms with Crippen molar-refractivity contribution in [2.45, 2.75) is 38.8 Å². The second kappa shape index (κ2) is 6.57. The normalized spacial score (nSPS) is 20.7. The van der Waals surface area contributed by atoms with Crippen molar-refractivity contribution in [3.63, 3.8) is 0 Å². The summed E-state index contributed by atoms with van der Waals surface area (Å²) in [5.41, 5.74) is 13.9. The van der Waals surface area contributed by atoms with Crippen LogP contribution in [0.3, 0.4) is 0 Å². The Morgan fingerprint density at radius 2 is 1.87 bits per heavy atom. The lowest BCUT2D eigenvalue weighted by Crippen LogP contribution is -2.51. The summed E-state index contributed by atoms with van der Waals surface area (Å²) in [6, 6.07) is 19.0. The van der Waals surface area contributed by atoms with Gasteiger partial charge in [0.1, 0.15) is 5.66 Å². The summed E-state index contributed by atoms with van der Waals surface area (Å²) in [7, 11) is 0. The molecular formula is C20H25N3. The molecule has 0 bridgehead atoms. The third kappa shape index (κ3) is 3.63. The first-order valence-electron chi connectivity index (χ1n) is 8.33. The number of hydrogen-bond acceptors (Lipinski definition) is 3. The van der Waals surface area contributed by atoms with Gasteiger partial charge in [-0.25, -0.2) is 5.43 Å². The SMILES string of the molecule is CCCCc1cccc(C2=CC(C)(N)NN2c2ccccc2)c1. The molecule has 3 nitrogen and oxygen atoms in total. The highest BCUT2D eigenvalue weighted by Crippen LogP contribution is 2.31. The molecule has 0 aromatic heterocycles. The van der Waals surface area contributed by atoms with Gasteiger partial charge in [0, 0.05) is 0 Å². The van der Waals surface area contributed by atoms with Crippen LogP contribution in [-0.4, -0.2) is 5.66 Å². The molecule has 0 aliphatic carbocycles. The quantitative estimate of drug-likeness (QED) is 0.875. The molecule has 3 rings (SSSR count). The predicted molar refractivity (Wildman–Crippen MR) is 97.7 cm³/mol. The summed E-state index contributed by atoms with van der Waals surface area (Å²) < 4.78 is 0. The number of para-hydroxylation sites is 1. The minimum Gasteiger partial charge on any atom is -0.309 e. The predicted octanol–water partition coefficient (Wildman–Crippen LogP) is 4.07. The van der Waals surface area contributed by atoms with Crippen molar-refractivity contribution in [1.82, 2.24) is 5.43 Å². The van der Waals surface area contributed by atoms with E-state index in [0.29, 0.717) is 0 Å². The Morgan fingerprint density at radius 1 is 1.09 bits per heavy atom. The van der Waals surface area contributed by atoms with Crippen molar-refractivity contribution in [1.29, 1.82) is 0 Å². The number of hydrazine groups is 1. The monoisotopic (exact) mass is 307 g/mol. The fourth-order valence-electron chi connectivity index (χ4n) is 2.94. The summed E-state index contributed by atoms with van der Waals surface area (Å²) in [6.07, 6.45) is 5.65. The van der Waals surface area contributed by atoms with Gasteiger partial charge in [0.25, 0.3) is 0 Å². The van der Waals surface area contributed by atoms with Gasteiger partial charge < -0.3 is 5.73 Å². The van der Waals surface area contributed by atoms with Gasteiger partial charge in [0.2, 0.25) is 0 Å². The van der Waals surface area contributed by atoms with Crippen LogP contribution in [-0.2, 0) is 6.42 Å². The van der Waals surface area contributed by atoms with Crippen molar-refractivity contribution in [2.75, 3.05) is 5.01 Å². The number of benzene rings is 2. The Balaban J connectivity index is 1.95. The van der Waals surface area contributed by atoms with Gasteiger partial charge in [0.05, 0.1) is 11.4 Å². The number of anilines is 1. The maximum absolute atomic E-state index is 6.32. The first-order chi connectivity index (χ1) is 11.1. The van der Waals surface area contributed by atoms with Crippen LogP contribution in [0.2, 0.25) is 0 Å². The highest BCUT2D eigenvalue weighted by molar-refractivity contribution is 5.81. The van der Waals surface area contributed by atoms with Crippen LogP contribution in [0.4, 0.5) is 5.69 Å². The first kappa shape index (κ1) is 15.8. The average Bonchev–Trinajstić information content (AvgIpc) is 2.90. The Bertz CT molecular complexity index is 689. The second-order valence-electron chi connectivity index (χ2n) is 6.40. The molecule has 1 heterocycles. The number of rotatable bonds is 5. The van der Waals surface area contributed by atoms with E-state index >= 15 is 0 Å². The Kier molecular flexibility index (Phi) is 4.51. The molecule has 1 aliphatic heterocycles.